The third kappa shape index (κ3) is 5.10. The summed E-state index contributed by atoms with van der Waals surface area (Å²) in [6.07, 6.45) is -1.39. The van der Waals surface area contributed by atoms with Gasteiger partial charge >= 0.3 is 12.0 Å². The Kier molecular flexibility index (Phi) is 6.15. The Labute approximate surface area is 165 Å². The van der Waals surface area contributed by atoms with Crippen LogP contribution < -0.4 is 15.1 Å². The van der Waals surface area contributed by atoms with E-state index < -0.39 is 17.7 Å². The van der Waals surface area contributed by atoms with Crippen molar-refractivity contribution in [2.24, 2.45) is 0 Å². The molecular weight excluding hydrogens is 385 g/mol. The fraction of sp³-hybridized carbons (Fsp3) is 0.318. The highest BCUT2D eigenvalue weighted by Crippen LogP contribution is 2.35. The van der Waals surface area contributed by atoms with Crippen molar-refractivity contribution >= 4 is 11.0 Å². The molecule has 0 unspecified atom stereocenters. The third-order valence-electron chi connectivity index (χ3n) is 4.57. The largest absolute Gasteiger partial charge is 0.573 e. The van der Waals surface area contributed by atoms with E-state index in [0.29, 0.717) is 17.6 Å². The molecule has 0 radical (unpaired) electrons. The lowest BCUT2D eigenvalue weighted by atomic mass is 10.00. The first kappa shape index (κ1) is 20.8. The number of fused-ring (bicyclic) bond motifs is 1. The van der Waals surface area contributed by atoms with Gasteiger partial charge in [-0.2, -0.15) is 0 Å². The van der Waals surface area contributed by atoms with Gasteiger partial charge in [-0.3, -0.25) is 0 Å². The van der Waals surface area contributed by atoms with Crippen LogP contribution in [0.25, 0.3) is 22.1 Å². The number of rotatable bonds is 7. The minimum atomic E-state index is -4.87. The second-order valence-corrected chi connectivity index (χ2v) is 6.69. The Morgan fingerprint density at radius 2 is 1.79 bits per heavy atom. The summed E-state index contributed by atoms with van der Waals surface area (Å²) in [5, 5.41) is 0.561. The van der Waals surface area contributed by atoms with Gasteiger partial charge < -0.3 is 13.9 Å². The summed E-state index contributed by atoms with van der Waals surface area (Å²) in [5.74, 6) is 0.0950. The molecular formula is C22H21F3O4. The SMILES string of the molecule is CCCCCc1ccc(-c2cc3ccc(OC)cc3oc2=O)c(OC(F)(F)F)c1. The molecule has 2 aromatic carbocycles. The summed E-state index contributed by atoms with van der Waals surface area (Å²) in [7, 11) is 1.48. The first-order valence-corrected chi connectivity index (χ1v) is 9.31. The summed E-state index contributed by atoms with van der Waals surface area (Å²) < 4.78 is 53.6. The zero-order valence-electron chi connectivity index (χ0n) is 16.1. The van der Waals surface area contributed by atoms with Crippen molar-refractivity contribution in [3.8, 4) is 22.6 Å². The van der Waals surface area contributed by atoms with E-state index in [0.717, 1.165) is 24.8 Å². The number of methoxy groups -OCH3 is 1. The Morgan fingerprint density at radius 1 is 1.00 bits per heavy atom. The maximum atomic E-state index is 13.0. The molecule has 7 heteroatoms. The van der Waals surface area contributed by atoms with E-state index in [-0.39, 0.29) is 16.7 Å². The van der Waals surface area contributed by atoms with Crippen LogP contribution in [-0.2, 0) is 6.42 Å². The molecule has 29 heavy (non-hydrogen) atoms. The molecule has 1 aromatic heterocycles. The number of halogens is 3. The highest BCUT2D eigenvalue weighted by Gasteiger charge is 2.32. The molecule has 0 atom stereocenters. The topological polar surface area (TPSA) is 48.7 Å². The van der Waals surface area contributed by atoms with Gasteiger partial charge in [0.15, 0.2) is 0 Å². The number of hydrogen-bond acceptors (Lipinski definition) is 4. The molecule has 1 heterocycles. The van der Waals surface area contributed by atoms with Gasteiger partial charge in [-0.05, 0) is 42.7 Å². The predicted octanol–water partition coefficient (Wildman–Crippen LogP) is 6.10. The normalized spacial score (nSPS) is 11.6. The molecule has 0 saturated carbocycles. The van der Waals surface area contributed by atoms with E-state index in [2.05, 4.69) is 11.7 Å². The van der Waals surface area contributed by atoms with Gasteiger partial charge in [-0.15, -0.1) is 13.2 Å². The van der Waals surface area contributed by atoms with Crippen molar-refractivity contribution in [1.82, 2.24) is 0 Å². The van der Waals surface area contributed by atoms with Crippen LogP contribution in [0.2, 0.25) is 0 Å². The summed E-state index contributed by atoms with van der Waals surface area (Å²) >= 11 is 0. The maximum Gasteiger partial charge on any atom is 0.573 e. The highest BCUT2D eigenvalue weighted by molar-refractivity contribution is 5.84. The summed E-state index contributed by atoms with van der Waals surface area (Å²) in [6, 6.07) is 10.9. The average molecular weight is 406 g/mol. The lowest BCUT2D eigenvalue weighted by Crippen LogP contribution is -2.18. The van der Waals surface area contributed by atoms with Crippen LogP contribution in [-0.4, -0.2) is 13.5 Å². The number of unbranched alkanes of at least 4 members (excludes halogenated alkanes) is 2. The number of aryl methyl sites for hydroxylation is 1. The minimum Gasteiger partial charge on any atom is -0.497 e. The quantitative estimate of drug-likeness (QED) is 0.351. The molecule has 0 N–H and O–H groups in total. The summed E-state index contributed by atoms with van der Waals surface area (Å²) in [4.78, 5) is 12.5. The molecule has 0 bridgehead atoms. The molecule has 0 spiro atoms. The smallest absolute Gasteiger partial charge is 0.497 e. The summed E-state index contributed by atoms with van der Waals surface area (Å²) in [5.41, 5.74) is 0.288. The molecule has 3 rings (SSSR count). The van der Waals surface area contributed by atoms with E-state index in [1.807, 2.05) is 0 Å². The van der Waals surface area contributed by atoms with Crippen LogP contribution in [0.4, 0.5) is 13.2 Å². The highest BCUT2D eigenvalue weighted by atomic mass is 19.4. The second kappa shape index (κ2) is 8.59. The van der Waals surface area contributed by atoms with Crippen molar-refractivity contribution in [1.29, 1.82) is 0 Å². The fourth-order valence-electron chi connectivity index (χ4n) is 3.14. The molecule has 0 aliphatic rings. The average Bonchev–Trinajstić information content (AvgIpc) is 2.66. The van der Waals surface area contributed by atoms with Crippen molar-refractivity contribution in [3.05, 3.63) is 58.4 Å². The zero-order chi connectivity index (χ0) is 21.0. The van der Waals surface area contributed by atoms with Crippen LogP contribution in [0.15, 0.2) is 51.7 Å². The monoisotopic (exact) mass is 406 g/mol. The van der Waals surface area contributed by atoms with Crippen LogP contribution >= 0.6 is 0 Å². The zero-order valence-corrected chi connectivity index (χ0v) is 16.1. The van der Waals surface area contributed by atoms with Crippen LogP contribution in [0.5, 0.6) is 11.5 Å². The van der Waals surface area contributed by atoms with Crippen LogP contribution in [0.3, 0.4) is 0 Å². The van der Waals surface area contributed by atoms with Gasteiger partial charge in [-0.25, -0.2) is 4.79 Å². The van der Waals surface area contributed by atoms with Gasteiger partial charge in [-0.1, -0.05) is 31.9 Å². The van der Waals surface area contributed by atoms with Crippen molar-refractivity contribution in [2.45, 2.75) is 39.0 Å². The van der Waals surface area contributed by atoms with Gasteiger partial charge in [0, 0.05) is 17.0 Å². The molecule has 4 nitrogen and oxygen atoms in total. The van der Waals surface area contributed by atoms with E-state index in [1.54, 1.807) is 24.3 Å². The lowest BCUT2D eigenvalue weighted by Gasteiger charge is -2.15. The van der Waals surface area contributed by atoms with Gasteiger partial charge in [0.05, 0.1) is 12.7 Å². The fourth-order valence-corrected chi connectivity index (χ4v) is 3.14. The first-order chi connectivity index (χ1) is 13.8. The second-order valence-electron chi connectivity index (χ2n) is 6.69. The minimum absolute atomic E-state index is 0.00188. The number of hydrogen-bond donors (Lipinski definition) is 0. The molecule has 0 aliphatic heterocycles. The molecule has 3 aromatic rings. The van der Waals surface area contributed by atoms with E-state index in [4.69, 9.17) is 9.15 Å². The Hall–Kier alpha value is -2.96. The predicted molar refractivity (Wildman–Crippen MR) is 104 cm³/mol. The first-order valence-electron chi connectivity index (χ1n) is 9.31. The molecule has 0 amide bonds. The van der Waals surface area contributed by atoms with Gasteiger partial charge in [0.1, 0.15) is 17.1 Å². The number of ether oxygens (including phenoxy) is 2. The van der Waals surface area contributed by atoms with Crippen LogP contribution in [0.1, 0.15) is 31.7 Å². The number of alkyl halides is 3. The molecule has 154 valence electrons. The number of benzene rings is 2. The Bertz CT molecular complexity index is 1050. The Morgan fingerprint density at radius 3 is 2.48 bits per heavy atom. The third-order valence-corrected chi connectivity index (χ3v) is 4.57. The molecule has 0 aliphatic carbocycles. The van der Waals surface area contributed by atoms with E-state index in [1.165, 1.54) is 25.3 Å². The standard InChI is InChI=1S/C22H21F3O4/c1-3-4-5-6-14-7-10-17(20(11-14)29-22(23,24)25)18-12-15-8-9-16(27-2)13-19(15)28-21(18)26/h7-13H,3-6H2,1-2H3. The van der Waals surface area contributed by atoms with Crippen molar-refractivity contribution < 1.29 is 27.1 Å². The molecule has 0 fully saturated rings. The van der Waals surface area contributed by atoms with Gasteiger partial charge in [0.25, 0.3) is 0 Å². The Balaban J connectivity index is 2.08. The summed E-state index contributed by atoms with van der Waals surface area (Å²) in [6.45, 7) is 2.05. The van der Waals surface area contributed by atoms with Gasteiger partial charge in [0.2, 0.25) is 0 Å². The van der Waals surface area contributed by atoms with E-state index >= 15 is 0 Å². The van der Waals surface area contributed by atoms with Crippen molar-refractivity contribution in [3.63, 3.8) is 0 Å². The van der Waals surface area contributed by atoms with Crippen LogP contribution in [0, 0.1) is 0 Å². The molecule has 0 saturated heterocycles. The van der Waals surface area contributed by atoms with E-state index in [9.17, 15) is 18.0 Å². The van der Waals surface area contributed by atoms with Crippen molar-refractivity contribution in [2.75, 3.05) is 7.11 Å². The maximum absolute atomic E-state index is 13.0. The lowest BCUT2D eigenvalue weighted by molar-refractivity contribution is -0.274.